The lowest BCUT2D eigenvalue weighted by molar-refractivity contribution is -0.115. The number of carbonyl (C=O) groups is 1. The van der Waals surface area contributed by atoms with E-state index >= 15 is 0 Å². The zero-order chi connectivity index (χ0) is 16.2. The van der Waals surface area contributed by atoms with Crippen LogP contribution in [0.15, 0.2) is 54.6 Å². The summed E-state index contributed by atoms with van der Waals surface area (Å²) in [4.78, 5) is 24.7. The molecule has 3 aromatic rings. The highest BCUT2D eigenvalue weighted by molar-refractivity contribution is 7.98. The number of hydrogen-bond acceptors (Lipinski definition) is 5. The van der Waals surface area contributed by atoms with Crippen molar-refractivity contribution in [3.63, 3.8) is 0 Å². The number of fused-ring (bicyclic) bond motifs is 1. The second-order valence-electron chi connectivity index (χ2n) is 4.76. The summed E-state index contributed by atoms with van der Waals surface area (Å²) in [7, 11) is 0. The van der Waals surface area contributed by atoms with Crippen molar-refractivity contribution in [2.24, 2.45) is 0 Å². The summed E-state index contributed by atoms with van der Waals surface area (Å²) in [6.07, 6.45) is 7.23. The fraction of sp³-hybridized carbons (Fsp3) is 0.125. The van der Waals surface area contributed by atoms with E-state index in [-0.39, 0.29) is 12.3 Å². The molecule has 1 aromatic carbocycles. The van der Waals surface area contributed by atoms with Gasteiger partial charge in [0.05, 0.1) is 11.0 Å². The van der Waals surface area contributed by atoms with Crippen LogP contribution in [0.3, 0.4) is 0 Å². The summed E-state index contributed by atoms with van der Waals surface area (Å²) < 4.78 is 1.89. The number of thioether (sulfide) groups is 1. The third-order valence-corrected chi connectivity index (χ3v) is 3.77. The van der Waals surface area contributed by atoms with E-state index in [4.69, 9.17) is 0 Å². The van der Waals surface area contributed by atoms with E-state index in [0.717, 1.165) is 16.9 Å². The van der Waals surface area contributed by atoms with Gasteiger partial charge in [-0.15, -0.1) is 6.58 Å². The molecule has 3 rings (SSSR count). The highest BCUT2D eigenvalue weighted by Gasteiger charge is 2.08. The Hall–Kier alpha value is -2.67. The second kappa shape index (κ2) is 6.62. The van der Waals surface area contributed by atoms with Crippen molar-refractivity contribution in [3.8, 4) is 5.82 Å². The minimum Gasteiger partial charge on any atom is -0.326 e. The molecule has 2 heterocycles. The molecule has 0 aliphatic heterocycles. The van der Waals surface area contributed by atoms with E-state index < -0.39 is 0 Å². The predicted octanol–water partition coefficient (Wildman–Crippen LogP) is 3.05. The fourth-order valence-electron chi connectivity index (χ4n) is 2.18. The van der Waals surface area contributed by atoms with E-state index in [9.17, 15) is 4.79 Å². The van der Waals surface area contributed by atoms with Gasteiger partial charge in [-0.2, -0.15) is 0 Å². The number of imidazole rings is 1. The predicted molar refractivity (Wildman–Crippen MR) is 91.9 cm³/mol. The monoisotopic (exact) mass is 325 g/mol. The Morgan fingerprint density at radius 3 is 3.04 bits per heavy atom. The molecule has 0 radical (unpaired) electrons. The van der Waals surface area contributed by atoms with Crippen molar-refractivity contribution in [2.75, 3.05) is 11.6 Å². The van der Waals surface area contributed by atoms with Gasteiger partial charge in [-0.05, 0) is 30.5 Å². The van der Waals surface area contributed by atoms with Crippen LogP contribution in [0.2, 0.25) is 0 Å². The van der Waals surface area contributed by atoms with E-state index in [1.807, 2.05) is 35.1 Å². The Balaban J connectivity index is 1.95. The van der Waals surface area contributed by atoms with Crippen LogP contribution >= 0.6 is 11.8 Å². The lowest BCUT2D eigenvalue weighted by atomic mass is 10.2. The normalized spacial score (nSPS) is 10.7. The third kappa shape index (κ3) is 3.24. The first-order valence-electron chi connectivity index (χ1n) is 6.96. The van der Waals surface area contributed by atoms with Gasteiger partial charge in [0, 0.05) is 18.3 Å². The topological polar surface area (TPSA) is 72.7 Å². The number of nitrogens with zero attached hydrogens (tertiary/aromatic N) is 4. The minimum atomic E-state index is -0.0980. The number of amides is 1. The van der Waals surface area contributed by atoms with E-state index in [1.165, 1.54) is 11.8 Å². The van der Waals surface area contributed by atoms with Crippen molar-refractivity contribution >= 4 is 34.4 Å². The number of rotatable bonds is 5. The largest absolute Gasteiger partial charge is 0.326 e. The third-order valence-electron chi connectivity index (χ3n) is 3.21. The molecular formula is C16H15N5OS. The maximum absolute atomic E-state index is 11.6. The fourth-order valence-corrected chi connectivity index (χ4v) is 2.53. The zero-order valence-corrected chi connectivity index (χ0v) is 13.4. The van der Waals surface area contributed by atoms with Crippen LogP contribution < -0.4 is 5.32 Å². The Labute approximate surface area is 137 Å². The Morgan fingerprint density at radius 2 is 2.26 bits per heavy atom. The SMILES string of the molecule is C=CCC(=O)Nc1ccc2c(c1)ncn2-c1ccnc(SC)n1. The molecule has 6 nitrogen and oxygen atoms in total. The molecule has 0 unspecified atom stereocenters. The molecule has 0 aliphatic carbocycles. The first-order valence-corrected chi connectivity index (χ1v) is 8.19. The first-order chi connectivity index (χ1) is 11.2. The maximum Gasteiger partial charge on any atom is 0.228 e. The van der Waals surface area contributed by atoms with Gasteiger partial charge < -0.3 is 5.32 Å². The number of aromatic nitrogens is 4. The van der Waals surface area contributed by atoms with Crippen LogP contribution in [0, 0.1) is 0 Å². The molecule has 23 heavy (non-hydrogen) atoms. The summed E-state index contributed by atoms with van der Waals surface area (Å²) in [6.45, 7) is 3.55. The quantitative estimate of drug-likeness (QED) is 0.443. The minimum absolute atomic E-state index is 0.0980. The van der Waals surface area contributed by atoms with Gasteiger partial charge in [0.15, 0.2) is 5.16 Å². The molecule has 2 aromatic heterocycles. The van der Waals surface area contributed by atoms with Gasteiger partial charge in [0.2, 0.25) is 5.91 Å². The average molecular weight is 325 g/mol. The van der Waals surface area contributed by atoms with Crippen LogP contribution in [0.25, 0.3) is 16.9 Å². The van der Waals surface area contributed by atoms with Crippen molar-refractivity contribution < 1.29 is 4.79 Å². The number of anilines is 1. The van der Waals surface area contributed by atoms with Crippen molar-refractivity contribution in [1.29, 1.82) is 0 Å². The summed E-state index contributed by atoms with van der Waals surface area (Å²) in [6, 6.07) is 7.43. The van der Waals surface area contributed by atoms with E-state index in [0.29, 0.717) is 10.8 Å². The highest BCUT2D eigenvalue weighted by atomic mass is 32.2. The summed E-state index contributed by atoms with van der Waals surface area (Å²) in [5.74, 6) is 0.662. The van der Waals surface area contributed by atoms with Crippen LogP contribution in [0.1, 0.15) is 6.42 Å². The lowest BCUT2D eigenvalue weighted by Crippen LogP contribution is -2.09. The number of benzene rings is 1. The van der Waals surface area contributed by atoms with Crippen molar-refractivity contribution in [2.45, 2.75) is 11.6 Å². The number of nitrogens with one attached hydrogen (secondary N) is 1. The molecule has 7 heteroatoms. The van der Waals surface area contributed by atoms with E-state index in [2.05, 4.69) is 26.8 Å². The van der Waals surface area contributed by atoms with Crippen molar-refractivity contribution in [3.05, 3.63) is 49.4 Å². The average Bonchev–Trinajstić information content (AvgIpc) is 2.98. The second-order valence-corrected chi connectivity index (χ2v) is 5.53. The first kappa shape index (κ1) is 15.2. The molecule has 0 fully saturated rings. The molecule has 0 saturated heterocycles. The van der Waals surface area contributed by atoms with Gasteiger partial charge in [-0.1, -0.05) is 17.8 Å². The highest BCUT2D eigenvalue weighted by Crippen LogP contribution is 2.21. The number of carbonyl (C=O) groups excluding carboxylic acids is 1. The Morgan fingerprint density at radius 1 is 1.39 bits per heavy atom. The molecule has 1 amide bonds. The lowest BCUT2D eigenvalue weighted by Gasteiger charge is -2.06. The van der Waals surface area contributed by atoms with Crippen LogP contribution in [0.4, 0.5) is 5.69 Å². The molecular weight excluding hydrogens is 310 g/mol. The van der Waals surface area contributed by atoms with Gasteiger partial charge >= 0.3 is 0 Å². The van der Waals surface area contributed by atoms with Crippen molar-refractivity contribution in [1.82, 2.24) is 19.5 Å². The van der Waals surface area contributed by atoms with Crippen LogP contribution in [-0.2, 0) is 4.79 Å². The van der Waals surface area contributed by atoms with Crippen LogP contribution in [0.5, 0.6) is 0 Å². The molecule has 0 saturated carbocycles. The molecule has 0 bridgehead atoms. The van der Waals surface area contributed by atoms with Gasteiger partial charge in [-0.3, -0.25) is 9.36 Å². The van der Waals surface area contributed by atoms with Gasteiger partial charge in [0.25, 0.3) is 0 Å². The zero-order valence-electron chi connectivity index (χ0n) is 12.6. The molecule has 0 spiro atoms. The maximum atomic E-state index is 11.6. The molecule has 1 N–H and O–H groups in total. The number of hydrogen-bond donors (Lipinski definition) is 1. The summed E-state index contributed by atoms with van der Waals surface area (Å²) in [5, 5.41) is 3.52. The summed E-state index contributed by atoms with van der Waals surface area (Å²) >= 11 is 1.49. The molecule has 0 aliphatic rings. The van der Waals surface area contributed by atoms with Gasteiger partial charge in [-0.25, -0.2) is 15.0 Å². The summed E-state index contributed by atoms with van der Waals surface area (Å²) in [5.41, 5.74) is 2.41. The van der Waals surface area contributed by atoms with Gasteiger partial charge in [0.1, 0.15) is 12.1 Å². The molecule has 0 atom stereocenters. The standard InChI is InChI=1S/C16H15N5OS/c1-3-4-15(22)19-11-5-6-13-12(9-11)18-10-21(13)14-7-8-17-16(20-14)23-2/h3,5-10H,1,4H2,2H3,(H,19,22). The Kier molecular flexibility index (Phi) is 4.38. The Bertz CT molecular complexity index is 874. The van der Waals surface area contributed by atoms with Crippen LogP contribution in [-0.4, -0.2) is 31.7 Å². The smallest absolute Gasteiger partial charge is 0.228 e. The molecule has 116 valence electrons. The van der Waals surface area contributed by atoms with E-state index in [1.54, 1.807) is 18.6 Å².